The lowest BCUT2D eigenvalue weighted by molar-refractivity contribution is -0.123. The van der Waals surface area contributed by atoms with E-state index in [0.29, 0.717) is 0 Å². The van der Waals surface area contributed by atoms with Crippen molar-refractivity contribution in [3.63, 3.8) is 0 Å². The number of thiazole rings is 1. The zero-order chi connectivity index (χ0) is 12.4. The summed E-state index contributed by atoms with van der Waals surface area (Å²) in [6, 6.07) is 0.0443. The normalized spacial score (nSPS) is 21.5. The van der Waals surface area contributed by atoms with Crippen LogP contribution in [-0.2, 0) is 4.79 Å². The Hall–Kier alpha value is -0.940. The number of nitrogens with zero attached hydrogens (tertiary/aromatic N) is 1. The summed E-state index contributed by atoms with van der Waals surface area (Å²) >= 11 is 1.66. The molecule has 1 amide bonds. The zero-order valence-corrected chi connectivity index (χ0v) is 11.4. The second kappa shape index (κ2) is 5.14. The van der Waals surface area contributed by atoms with Crippen LogP contribution in [0.3, 0.4) is 0 Å². The highest BCUT2D eigenvalue weighted by Gasteiger charge is 2.24. The Bertz CT molecular complexity index is 410. The monoisotopic (exact) mass is 253 g/mol. The third-order valence-corrected chi connectivity index (χ3v) is 4.32. The molecule has 2 N–H and O–H groups in total. The summed E-state index contributed by atoms with van der Waals surface area (Å²) < 4.78 is 0. The number of carbonyl (C=O) groups excluding carboxylic acids is 1. The van der Waals surface area contributed by atoms with Crippen molar-refractivity contribution in [2.45, 2.75) is 45.7 Å². The fraction of sp³-hybridized carbons (Fsp3) is 0.667. The van der Waals surface area contributed by atoms with Crippen molar-refractivity contribution in [1.82, 2.24) is 15.6 Å². The molecule has 2 atom stereocenters. The van der Waals surface area contributed by atoms with Crippen LogP contribution in [0, 0.1) is 13.8 Å². The quantitative estimate of drug-likeness (QED) is 0.862. The number of carbonyl (C=O) groups is 1. The molecule has 1 aromatic rings. The van der Waals surface area contributed by atoms with Crippen molar-refractivity contribution in [3.8, 4) is 0 Å². The van der Waals surface area contributed by atoms with Gasteiger partial charge in [-0.15, -0.1) is 11.3 Å². The van der Waals surface area contributed by atoms with Gasteiger partial charge in [0.15, 0.2) is 0 Å². The lowest BCUT2D eigenvalue weighted by Crippen LogP contribution is -2.41. The number of hydrogen-bond donors (Lipinski definition) is 2. The Morgan fingerprint density at radius 1 is 1.59 bits per heavy atom. The lowest BCUT2D eigenvalue weighted by Gasteiger charge is -2.16. The molecule has 17 heavy (non-hydrogen) atoms. The highest BCUT2D eigenvalue weighted by atomic mass is 32.1. The maximum atomic E-state index is 12.0. The maximum absolute atomic E-state index is 12.0. The third kappa shape index (κ3) is 2.84. The van der Waals surface area contributed by atoms with E-state index < -0.39 is 0 Å². The minimum atomic E-state index is -0.00762. The van der Waals surface area contributed by atoms with Crippen molar-refractivity contribution < 1.29 is 4.79 Å². The van der Waals surface area contributed by atoms with E-state index in [2.05, 4.69) is 15.6 Å². The van der Waals surface area contributed by atoms with Gasteiger partial charge in [-0.25, -0.2) is 4.98 Å². The predicted octanol–water partition coefficient (Wildman–Crippen LogP) is 1.69. The molecule has 1 aliphatic heterocycles. The van der Waals surface area contributed by atoms with E-state index >= 15 is 0 Å². The molecule has 2 rings (SSSR count). The average Bonchev–Trinajstić information content (AvgIpc) is 2.87. The third-order valence-electron chi connectivity index (χ3n) is 3.07. The van der Waals surface area contributed by atoms with E-state index in [4.69, 9.17) is 0 Å². The van der Waals surface area contributed by atoms with Gasteiger partial charge in [0, 0.05) is 4.88 Å². The standard InChI is InChI=1S/C12H19N3OS/c1-7-11(17-9(3)14-7)8(2)15-12(16)10-5-4-6-13-10/h8,10,13H,4-6H2,1-3H3,(H,15,16)/t8?,10-/m0/s1. The van der Waals surface area contributed by atoms with Gasteiger partial charge in [0.05, 0.1) is 22.8 Å². The van der Waals surface area contributed by atoms with Crippen molar-refractivity contribution in [3.05, 3.63) is 15.6 Å². The van der Waals surface area contributed by atoms with E-state index in [1.54, 1.807) is 11.3 Å². The molecule has 4 nitrogen and oxygen atoms in total. The summed E-state index contributed by atoms with van der Waals surface area (Å²) in [6.45, 7) is 6.96. The fourth-order valence-corrected chi connectivity index (χ4v) is 3.17. The van der Waals surface area contributed by atoms with E-state index in [1.165, 1.54) is 0 Å². The number of hydrogen-bond acceptors (Lipinski definition) is 4. The van der Waals surface area contributed by atoms with Gasteiger partial charge in [0.25, 0.3) is 0 Å². The van der Waals surface area contributed by atoms with Crippen molar-refractivity contribution in [2.24, 2.45) is 0 Å². The molecule has 0 aromatic carbocycles. The van der Waals surface area contributed by atoms with Crippen molar-refractivity contribution in [1.29, 1.82) is 0 Å². The number of nitrogens with one attached hydrogen (secondary N) is 2. The Balaban J connectivity index is 1.98. The molecule has 1 aromatic heterocycles. The van der Waals surface area contributed by atoms with E-state index in [9.17, 15) is 4.79 Å². The van der Waals surface area contributed by atoms with Gasteiger partial charge >= 0.3 is 0 Å². The topological polar surface area (TPSA) is 54.0 Å². The Morgan fingerprint density at radius 2 is 2.35 bits per heavy atom. The first kappa shape index (κ1) is 12.5. The summed E-state index contributed by atoms with van der Waals surface area (Å²) in [5.74, 6) is 0.112. The van der Waals surface area contributed by atoms with Crippen molar-refractivity contribution >= 4 is 17.2 Å². The van der Waals surface area contributed by atoms with Crippen LogP contribution in [0.25, 0.3) is 0 Å². The molecule has 2 heterocycles. The van der Waals surface area contributed by atoms with Crippen LogP contribution in [0.15, 0.2) is 0 Å². The first-order chi connectivity index (χ1) is 8.08. The van der Waals surface area contributed by atoms with E-state index in [1.807, 2.05) is 20.8 Å². The van der Waals surface area contributed by atoms with Gasteiger partial charge in [0.2, 0.25) is 5.91 Å². The summed E-state index contributed by atoms with van der Waals surface area (Å²) in [5.41, 5.74) is 1.03. The molecule has 0 spiro atoms. The van der Waals surface area contributed by atoms with Crippen LogP contribution >= 0.6 is 11.3 Å². The first-order valence-electron chi connectivity index (χ1n) is 6.05. The molecule has 0 bridgehead atoms. The van der Waals surface area contributed by atoms with Crippen LogP contribution in [0.4, 0.5) is 0 Å². The molecule has 94 valence electrons. The summed E-state index contributed by atoms with van der Waals surface area (Å²) in [6.07, 6.45) is 2.03. The molecular formula is C12H19N3OS. The van der Waals surface area contributed by atoms with Gasteiger partial charge in [-0.3, -0.25) is 4.79 Å². The van der Waals surface area contributed by atoms with Gasteiger partial charge in [-0.05, 0) is 40.2 Å². The number of rotatable bonds is 3. The highest BCUT2D eigenvalue weighted by Crippen LogP contribution is 2.24. The maximum Gasteiger partial charge on any atom is 0.237 e. The molecule has 1 saturated heterocycles. The van der Waals surface area contributed by atoms with Crippen LogP contribution < -0.4 is 10.6 Å². The van der Waals surface area contributed by atoms with Gasteiger partial charge in [0.1, 0.15) is 0 Å². The van der Waals surface area contributed by atoms with Crippen LogP contribution in [0.1, 0.15) is 41.4 Å². The molecule has 5 heteroatoms. The summed E-state index contributed by atoms with van der Waals surface area (Å²) in [7, 11) is 0. The Kier molecular flexibility index (Phi) is 3.79. The Morgan fingerprint density at radius 3 is 2.88 bits per heavy atom. The van der Waals surface area contributed by atoms with Crippen LogP contribution in [0.5, 0.6) is 0 Å². The van der Waals surface area contributed by atoms with Crippen molar-refractivity contribution in [2.75, 3.05) is 6.54 Å². The fourth-order valence-electron chi connectivity index (χ4n) is 2.24. The average molecular weight is 253 g/mol. The molecule has 0 aliphatic carbocycles. The van der Waals surface area contributed by atoms with E-state index in [-0.39, 0.29) is 18.0 Å². The molecule has 1 fully saturated rings. The number of aromatic nitrogens is 1. The zero-order valence-electron chi connectivity index (χ0n) is 10.5. The first-order valence-corrected chi connectivity index (χ1v) is 6.87. The van der Waals surface area contributed by atoms with Gasteiger partial charge in [-0.2, -0.15) is 0 Å². The smallest absolute Gasteiger partial charge is 0.237 e. The minimum absolute atomic E-state index is 0.00762. The largest absolute Gasteiger partial charge is 0.347 e. The second-order valence-electron chi connectivity index (χ2n) is 4.56. The molecule has 0 radical (unpaired) electrons. The second-order valence-corrected chi connectivity index (χ2v) is 5.80. The molecule has 1 unspecified atom stereocenters. The molecule has 1 aliphatic rings. The highest BCUT2D eigenvalue weighted by molar-refractivity contribution is 7.11. The lowest BCUT2D eigenvalue weighted by atomic mass is 10.2. The summed E-state index contributed by atoms with van der Waals surface area (Å²) in [4.78, 5) is 17.5. The number of aryl methyl sites for hydroxylation is 2. The molecular weight excluding hydrogens is 234 g/mol. The predicted molar refractivity (Wildman–Crippen MR) is 69.2 cm³/mol. The SMILES string of the molecule is Cc1nc(C)c(C(C)NC(=O)[C@@H]2CCCN2)s1. The van der Waals surface area contributed by atoms with E-state index in [0.717, 1.165) is 35.0 Å². The van der Waals surface area contributed by atoms with Crippen LogP contribution in [0.2, 0.25) is 0 Å². The summed E-state index contributed by atoms with van der Waals surface area (Å²) in [5, 5.41) is 7.32. The molecule has 0 saturated carbocycles. The van der Waals surface area contributed by atoms with Gasteiger partial charge < -0.3 is 10.6 Å². The number of amides is 1. The minimum Gasteiger partial charge on any atom is -0.347 e. The van der Waals surface area contributed by atoms with Gasteiger partial charge in [-0.1, -0.05) is 0 Å². The van der Waals surface area contributed by atoms with Crippen LogP contribution in [-0.4, -0.2) is 23.5 Å². The Labute approximate surface area is 106 Å².